The summed E-state index contributed by atoms with van der Waals surface area (Å²) in [4.78, 5) is 24.6. The minimum Gasteiger partial charge on any atom is -0.324 e. The van der Waals surface area contributed by atoms with E-state index in [2.05, 4.69) is 5.32 Å². The Morgan fingerprint density at radius 1 is 1.16 bits per heavy atom. The fourth-order valence-corrected chi connectivity index (χ4v) is 5.36. The van der Waals surface area contributed by atoms with Crippen LogP contribution in [0.25, 0.3) is 0 Å². The van der Waals surface area contributed by atoms with Crippen LogP contribution in [0.2, 0.25) is 10.0 Å². The maximum absolute atomic E-state index is 12.9. The molecule has 0 unspecified atom stereocenters. The van der Waals surface area contributed by atoms with E-state index >= 15 is 0 Å². The minimum absolute atomic E-state index is 0.0155. The summed E-state index contributed by atoms with van der Waals surface area (Å²) in [6.07, 6.45) is 0. The van der Waals surface area contributed by atoms with Crippen molar-refractivity contribution in [3.63, 3.8) is 0 Å². The number of hydrogen-bond donors (Lipinski definition) is 1. The molecule has 2 aromatic carbocycles. The molecule has 166 valence electrons. The van der Waals surface area contributed by atoms with Gasteiger partial charge in [-0.25, -0.2) is 8.42 Å². The Balaban J connectivity index is 1.60. The van der Waals surface area contributed by atoms with Gasteiger partial charge in [-0.2, -0.15) is 4.31 Å². The van der Waals surface area contributed by atoms with E-state index in [1.54, 1.807) is 13.0 Å². The molecule has 0 spiro atoms. The van der Waals surface area contributed by atoms with Crippen LogP contribution in [0.4, 0.5) is 11.4 Å². The number of nitro groups is 1. The third-order valence-electron chi connectivity index (χ3n) is 4.94. The van der Waals surface area contributed by atoms with Crippen molar-refractivity contribution in [1.82, 2.24) is 9.21 Å². The number of nitro benzene ring substituents is 1. The Labute approximate surface area is 189 Å². The standard InChI is InChI=1S/C19H20Cl2N4O5S/c1-13-5-6-14(25(27)28)11-16(13)22-18(26)12-23-7-9-24(10-8-23)31(29,30)17-4-2-3-15(20)19(17)21/h2-6,11H,7-10,12H2,1H3,(H,22,26). The van der Waals surface area contributed by atoms with Gasteiger partial charge < -0.3 is 5.32 Å². The second-order valence-electron chi connectivity index (χ2n) is 7.04. The van der Waals surface area contributed by atoms with Crippen molar-refractivity contribution in [1.29, 1.82) is 0 Å². The molecule has 1 aliphatic heterocycles. The second-order valence-corrected chi connectivity index (χ2v) is 9.73. The molecule has 1 aliphatic rings. The maximum atomic E-state index is 12.9. The average molecular weight is 487 g/mol. The second kappa shape index (κ2) is 9.49. The van der Waals surface area contributed by atoms with Crippen molar-refractivity contribution in [2.24, 2.45) is 0 Å². The molecular weight excluding hydrogens is 467 g/mol. The summed E-state index contributed by atoms with van der Waals surface area (Å²) in [5.41, 5.74) is 0.962. The van der Waals surface area contributed by atoms with Crippen LogP contribution in [-0.2, 0) is 14.8 Å². The van der Waals surface area contributed by atoms with Gasteiger partial charge >= 0.3 is 0 Å². The Morgan fingerprint density at radius 3 is 2.48 bits per heavy atom. The molecule has 31 heavy (non-hydrogen) atoms. The molecule has 1 saturated heterocycles. The third kappa shape index (κ3) is 5.34. The lowest BCUT2D eigenvalue weighted by Gasteiger charge is -2.33. The van der Waals surface area contributed by atoms with Crippen LogP contribution in [0.3, 0.4) is 0 Å². The van der Waals surface area contributed by atoms with Crippen molar-refractivity contribution in [2.75, 3.05) is 38.0 Å². The number of aryl methyl sites for hydroxylation is 1. The number of carbonyl (C=O) groups is 1. The first kappa shape index (κ1) is 23.4. The van der Waals surface area contributed by atoms with Gasteiger partial charge in [0.15, 0.2) is 0 Å². The van der Waals surface area contributed by atoms with Gasteiger partial charge in [0.2, 0.25) is 15.9 Å². The summed E-state index contributed by atoms with van der Waals surface area (Å²) in [5.74, 6) is -0.335. The molecule has 0 atom stereocenters. The molecule has 2 aromatic rings. The van der Waals surface area contributed by atoms with Crippen molar-refractivity contribution < 1.29 is 18.1 Å². The van der Waals surface area contributed by atoms with Gasteiger partial charge in [0, 0.05) is 38.3 Å². The molecule has 1 fully saturated rings. The van der Waals surface area contributed by atoms with Crippen LogP contribution in [-0.4, -0.2) is 61.2 Å². The molecule has 0 aromatic heterocycles. The zero-order chi connectivity index (χ0) is 22.8. The Bertz CT molecular complexity index is 1120. The number of nitrogens with one attached hydrogen (secondary N) is 1. The van der Waals surface area contributed by atoms with Crippen molar-refractivity contribution in [3.8, 4) is 0 Å². The Morgan fingerprint density at radius 2 is 1.84 bits per heavy atom. The van der Waals surface area contributed by atoms with E-state index in [0.717, 1.165) is 0 Å². The highest BCUT2D eigenvalue weighted by atomic mass is 35.5. The van der Waals surface area contributed by atoms with Crippen LogP contribution in [0.1, 0.15) is 5.56 Å². The number of amides is 1. The highest BCUT2D eigenvalue weighted by Gasteiger charge is 2.31. The van der Waals surface area contributed by atoms with Crippen LogP contribution >= 0.6 is 23.2 Å². The normalized spacial score (nSPS) is 15.6. The molecule has 1 heterocycles. The summed E-state index contributed by atoms with van der Waals surface area (Å²) in [6.45, 7) is 2.85. The molecule has 0 bridgehead atoms. The molecule has 1 N–H and O–H groups in total. The maximum Gasteiger partial charge on any atom is 0.271 e. The van der Waals surface area contributed by atoms with E-state index in [-0.39, 0.29) is 46.2 Å². The fraction of sp³-hybridized carbons (Fsp3) is 0.316. The van der Waals surface area contributed by atoms with Gasteiger partial charge in [0.1, 0.15) is 4.90 Å². The number of nitrogens with zero attached hydrogens (tertiary/aromatic N) is 3. The quantitative estimate of drug-likeness (QED) is 0.495. The van der Waals surface area contributed by atoms with E-state index in [1.165, 1.54) is 34.6 Å². The molecular formula is C19H20Cl2N4O5S. The lowest BCUT2D eigenvalue weighted by Crippen LogP contribution is -2.50. The van der Waals surface area contributed by atoms with E-state index in [4.69, 9.17) is 23.2 Å². The van der Waals surface area contributed by atoms with Gasteiger partial charge in [-0.15, -0.1) is 0 Å². The lowest BCUT2D eigenvalue weighted by molar-refractivity contribution is -0.384. The topological polar surface area (TPSA) is 113 Å². The fourth-order valence-electron chi connectivity index (χ4n) is 3.20. The van der Waals surface area contributed by atoms with Crippen LogP contribution in [0, 0.1) is 17.0 Å². The first-order valence-electron chi connectivity index (χ1n) is 9.31. The van der Waals surface area contributed by atoms with E-state index < -0.39 is 14.9 Å². The van der Waals surface area contributed by atoms with Gasteiger partial charge in [-0.05, 0) is 24.6 Å². The van der Waals surface area contributed by atoms with Crippen molar-refractivity contribution >= 4 is 50.5 Å². The van der Waals surface area contributed by atoms with Gasteiger partial charge in [0.05, 0.1) is 27.2 Å². The number of rotatable bonds is 6. The average Bonchev–Trinajstić information content (AvgIpc) is 2.71. The zero-order valence-electron chi connectivity index (χ0n) is 16.5. The minimum atomic E-state index is -3.81. The summed E-state index contributed by atoms with van der Waals surface area (Å²) < 4.78 is 27.1. The largest absolute Gasteiger partial charge is 0.324 e. The van der Waals surface area contributed by atoms with Crippen LogP contribution in [0.15, 0.2) is 41.3 Å². The molecule has 0 aliphatic carbocycles. The first-order chi connectivity index (χ1) is 14.6. The van der Waals surface area contributed by atoms with Crippen molar-refractivity contribution in [3.05, 3.63) is 62.1 Å². The van der Waals surface area contributed by atoms with E-state index in [1.807, 2.05) is 4.90 Å². The van der Waals surface area contributed by atoms with E-state index in [0.29, 0.717) is 24.3 Å². The molecule has 3 rings (SSSR count). The molecule has 9 nitrogen and oxygen atoms in total. The van der Waals surface area contributed by atoms with Crippen LogP contribution in [0.5, 0.6) is 0 Å². The Kier molecular flexibility index (Phi) is 7.17. The smallest absolute Gasteiger partial charge is 0.271 e. The highest BCUT2D eigenvalue weighted by Crippen LogP contribution is 2.31. The first-order valence-corrected chi connectivity index (χ1v) is 11.5. The van der Waals surface area contributed by atoms with Gasteiger partial charge in [-0.3, -0.25) is 19.8 Å². The summed E-state index contributed by atoms with van der Waals surface area (Å²) in [5, 5.41) is 13.8. The number of hydrogen-bond acceptors (Lipinski definition) is 6. The molecule has 12 heteroatoms. The monoisotopic (exact) mass is 486 g/mol. The SMILES string of the molecule is Cc1ccc([N+](=O)[O-])cc1NC(=O)CN1CCN(S(=O)(=O)c2cccc(Cl)c2Cl)CC1. The van der Waals surface area contributed by atoms with Crippen LogP contribution < -0.4 is 5.32 Å². The third-order valence-corrected chi connectivity index (χ3v) is 7.81. The zero-order valence-corrected chi connectivity index (χ0v) is 18.9. The number of benzene rings is 2. The summed E-state index contributed by atoms with van der Waals surface area (Å²) >= 11 is 12.0. The van der Waals surface area contributed by atoms with Gasteiger partial charge in [0.25, 0.3) is 5.69 Å². The Hall–Kier alpha value is -2.24. The predicted octanol–water partition coefficient (Wildman–Crippen LogP) is 3.16. The molecule has 1 amide bonds. The number of sulfonamides is 1. The number of piperazine rings is 1. The number of non-ortho nitro benzene ring substituents is 1. The number of halogens is 2. The highest BCUT2D eigenvalue weighted by molar-refractivity contribution is 7.89. The number of carbonyl (C=O) groups excluding carboxylic acids is 1. The molecule has 0 saturated carbocycles. The van der Waals surface area contributed by atoms with E-state index in [9.17, 15) is 23.3 Å². The lowest BCUT2D eigenvalue weighted by atomic mass is 10.2. The van der Waals surface area contributed by atoms with Gasteiger partial charge in [-0.1, -0.05) is 35.3 Å². The summed E-state index contributed by atoms with van der Waals surface area (Å²) in [6, 6.07) is 8.70. The predicted molar refractivity (Wildman–Crippen MR) is 118 cm³/mol. The number of anilines is 1. The summed E-state index contributed by atoms with van der Waals surface area (Å²) in [7, 11) is -3.81. The molecule has 0 radical (unpaired) electrons. The van der Waals surface area contributed by atoms with Crippen molar-refractivity contribution in [2.45, 2.75) is 11.8 Å².